The number of ether oxygens (including phenoxy) is 2. The van der Waals surface area contributed by atoms with Crippen LogP contribution in [0.5, 0.6) is 11.5 Å². The lowest BCUT2D eigenvalue weighted by molar-refractivity contribution is -0.131. The van der Waals surface area contributed by atoms with Gasteiger partial charge in [-0.05, 0) is 23.6 Å². The van der Waals surface area contributed by atoms with E-state index in [4.69, 9.17) is 9.47 Å². The van der Waals surface area contributed by atoms with Crippen LogP contribution in [0.2, 0.25) is 0 Å². The first-order valence-corrected chi connectivity index (χ1v) is 6.57. The molecule has 0 bridgehead atoms. The lowest BCUT2D eigenvalue weighted by atomic mass is 10.0. The second kappa shape index (κ2) is 5.83. The van der Waals surface area contributed by atoms with E-state index in [1.807, 2.05) is 13.8 Å². The molecule has 106 valence electrons. The molecule has 0 saturated heterocycles. The molecule has 0 saturated carbocycles. The maximum atomic E-state index is 12.1. The molecular formula is C15H18N2O3. The zero-order chi connectivity index (χ0) is 14.7. The first-order valence-electron chi connectivity index (χ1n) is 6.57. The fourth-order valence-corrected chi connectivity index (χ4v) is 2.11. The number of nitrogens with zero attached hydrogens (tertiary/aromatic N) is 2. The highest BCUT2D eigenvalue weighted by molar-refractivity contribution is 5.77. The van der Waals surface area contributed by atoms with Crippen molar-refractivity contribution in [2.24, 2.45) is 5.92 Å². The molecule has 1 heterocycles. The van der Waals surface area contributed by atoms with Gasteiger partial charge in [-0.25, -0.2) is 0 Å². The quantitative estimate of drug-likeness (QED) is 0.846. The lowest BCUT2D eigenvalue weighted by Crippen LogP contribution is -2.31. The third-order valence-corrected chi connectivity index (χ3v) is 3.20. The summed E-state index contributed by atoms with van der Waals surface area (Å²) in [5.41, 5.74) is 0.733. The van der Waals surface area contributed by atoms with Gasteiger partial charge in [-0.15, -0.1) is 0 Å². The molecule has 1 aliphatic heterocycles. The monoisotopic (exact) mass is 274 g/mol. The Labute approximate surface area is 118 Å². The molecule has 1 aromatic carbocycles. The van der Waals surface area contributed by atoms with Crippen LogP contribution in [0.15, 0.2) is 18.2 Å². The van der Waals surface area contributed by atoms with Crippen LogP contribution in [0.25, 0.3) is 0 Å². The molecule has 1 aromatic rings. The molecule has 0 radical (unpaired) electrons. The predicted molar refractivity (Wildman–Crippen MR) is 73.1 cm³/mol. The summed E-state index contributed by atoms with van der Waals surface area (Å²) in [6.45, 7) is 4.15. The number of carbonyl (C=O) groups excluding carboxylic acids is 1. The largest absolute Gasteiger partial charge is 0.454 e. The zero-order valence-corrected chi connectivity index (χ0v) is 11.9. The molecule has 1 amide bonds. The first kappa shape index (κ1) is 14.2. The Kier molecular flexibility index (Phi) is 4.14. The molecule has 5 heteroatoms. The predicted octanol–water partition coefficient (Wildman–Crippen LogP) is 2.48. The minimum absolute atomic E-state index is 0.0378. The van der Waals surface area contributed by atoms with Gasteiger partial charge in [0.05, 0.1) is 6.07 Å². The van der Waals surface area contributed by atoms with Crippen LogP contribution in [-0.4, -0.2) is 24.6 Å². The molecule has 1 unspecified atom stereocenters. The van der Waals surface area contributed by atoms with Crippen LogP contribution in [0.4, 0.5) is 0 Å². The van der Waals surface area contributed by atoms with Crippen LogP contribution in [-0.2, 0) is 4.79 Å². The van der Waals surface area contributed by atoms with Gasteiger partial charge in [-0.3, -0.25) is 4.79 Å². The van der Waals surface area contributed by atoms with E-state index in [2.05, 4.69) is 6.07 Å². The third kappa shape index (κ3) is 2.85. The van der Waals surface area contributed by atoms with Gasteiger partial charge in [-0.2, -0.15) is 5.26 Å². The summed E-state index contributed by atoms with van der Waals surface area (Å²) in [4.78, 5) is 13.6. The van der Waals surface area contributed by atoms with Gasteiger partial charge in [0, 0.05) is 13.5 Å². The van der Waals surface area contributed by atoms with Crippen molar-refractivity contribution in [1.82, 2.24) is 4.90 Å². The molecule has 0 spiro atoms. The van der Waals surface area contributed by atoms with Crippen molar-refractivity contribution in [2.45, 2.75) is 26.3 Å². The maximum absolute atomic E-state index is 12.1. The first-order chi connectivity index (χ1) is 9.52. The Balaban J connectivity index is 2.20. The Morgan fingerprint density at radius 1 is 1.40 bits per heavy atom. The fraction of sp³-hybridized carbons (Fsp3) is 0.467. The van der Waals surface area contributed by atoms with Gasteiger partial charge < -0.3 is 14.4 Å². The molecule has 0 fully saturated rings. The number of amides is 1. The lowest BCUT2D eigenvalue weighted by Gasteiger charge is -2.24. The van der Waals surface area contributed by atoms with Crippen LogP contribution >= 0.6 is 0 Å². The molecule has 1 aliphatic rings. The topological polar surface area (TPSA) is 62.6 Å². The van der Waals surface area contributed by atoms with Crippen molar-refractivity contribution in [3.8, 4) is 17.6 Å². The second-order valence-corrected chi connectivity index (χ2v) is 5.25. The Hall–Kier alpha value is -2.22. The van der Waals surface area contributed by atoms with Crippen molar-refractivity contribution in [3.05, 3.63) is 23.8 Å². The number of rotatable bonds is 4. The van der Waals surface area contributed by atoms with Crippen LogP contribution in [0.1, 0.15) is 31.9 Å². The zero-order valence-electron chi connectivity index (χ0n) is 11.9. The third-order valence-electron chi connectivity index (χ3n) is 3.20. The fourth-order valence-electron chi connectivity index (χ4n) is 2.11. The summed E-state index contributed by atoms with van der Waals surface area (Å²) in [6, 6.07) is 6.88. The van der Waals surface area contributed by atoms with E-state index < -0.39 is 6.04 Å². The van der Waals surface area contributed by atoms with Gasteiger partial charge >= 0.3 is 0 Å². The summed E-state index contributed by atoms with van der Waals surface area (Å²) in [6.07, 6.45) is 0.430. The van der Waals surface area contributed by atoms with Crippen LogP contribution in [0.3, 0.4) is 0 Å². The van der Waals surface area contributed by atoms with Gasteiger partial charge in [0.2, 0.25) is 12.7 Å². The maximum Gasteiger partial charge on any atom is 0.231 e. The van der Waals surface area contributed by atoms with Crippen LogP contribution in [0, 0.1) is 17.2 Å². The highest BCUT2D eigenvalue weighted by Gasteiger charge is 2.24. The summed E-state index contributed by atoms with van der Waals surface area (Å²) < 4.78 is 10.5. The average molecular weight is 274 g/mol. The van der Waals surface area contributed by atoms with Crippen molar-refractivity contribution in [2.75, 3.05) is 13.8 Å². The number of fused-ring (bicyclic) bond motifs is 1. The summed E-state index contributed by atoms with van der Waals surface area (Å²) >= 11 is 0. The SMILES string of the molecule is CC(C)CC(=O)N(C)C(C#N)c1ccc2c(c1)OCO2. The van der Waals surface area contributed by atoms with E-state index in [0.717, 1.165) is 5.56 Å². The van der Waals surface area contributed by atoms with E-state index in [1.165, 1.54) is 4.90 Å². The average Bonchev–Trinajstić information content (AvgIpc) is 2.86. The summed E-state index contributed by atoms with van der Waals surface area (Å²) in [5, 5.41) is 9.37. The summed E-state index contributed by atoms with van der Waals surface area (Å²) in [5.74, 6) is 1.51. The number of benzene rings is 1. The highest BCUT2D eigenvalue weighted by atomic mass is 16.7. The number of carbonyl (C=O) groups is 1. The van der Waals surface area contributed by atoms with Gasteiger partial charge in [0.15, 0.2) is 11.5 Å². The standard InChI is InChI=1S/C15H18N2O3/c1-10(2)6-15(18)17(3)12(8-16)11-4-5-13-14(7-11)20-9-19-13/h4-5,7,10,12H,6,9H2,1-3H3. The van der Waals surface area contributed by atoms with Gasteiger partial charge in [0.25, 0.3) is 0 Å². The number of nitriles is 1. The molecule has 5 nitrogen and oxygen atoms in total. The molecule has 0 N–H and O–H groups in total. The van der Waals surface area contributed by atoms with E-state index >= 15 is 0 Å². The van der Waals surface area contributed by atoms with Crippen molar-refractivity contribution >= 4 is 5.91 Å². The van der Waals surface area contributed by atoms with Crippen molar-refractivity contribution < 1.29 is 14.3 Å². The van der Waals surface area contributed by atoms with E-state index in [9.17, 15) is 10.1 Å². The molecular weight excluding hydrogens is 256 g/mol. The molecule has 20 heavy (non-hydrogen) atoms. The van der Waals surface area contributed by atoms with Crippen LogP contribution < -0.4 is 9.47 Å². The minimum Gasteiger partial charge on any atom is -0.454 e. The van der Waals surface area contributed by atoms with E-state index in [0.29, 0.717) is 17.9 Å². The highest BCUT2D eigenvalue weighted by Crippen LogP contribution is 2.35. The second-order valence-electron chi connectivity index (χ2n) is 5.25. The Morgan fingerprint density at radius 3 is 2.75 bits per heavy atom. The normalized spacial score (nSPS) is 13.9. The smallest absolute Gasteiger partial charge is 0.231 e. The van der Waals surface area contributed by atoms with Gasteiger partial charge in [0.1, 0.15) is 6.04 Å². The number of hydrogen-bond acceptors (Lipinski definition) is 4. The molecule has 0 aliphatic carbocycles. The van der Waals surface area contributed by atoms with Crippen molar-refractivity contribution in [3.63, 3.8) is 0 Å². The van der Waals surface area contributed by atoms with Crippen molar-refractivity contribution in [1.29, 1.82) is 5.26 Å². The summed E-state index contributed by atoms with van der Waals surface area (Å²) in [7, 11) is 1.66. The molecule has 1 atom stereocenters. The van der Waals surface area contributed by atoms with Gasteiger partial charge in [-0.1, -0.05) is 19.9 Å². The number of hydrogen-bond donors (Lipinski definition) is 0. The van der Waals surface area contributed by atoms with E-state index in [1.54, 1.807) is 25.2 Å². The Morgan fingerprint density at radius 2 is 2.10 bits per heavy atom. The Bertz CT molecular complexity index is 549. The van der Waals surface area contributed by atoms with E-state index in [-0.39, 0.29) is 18.6 Å². The molecule has 2 rings (SSSR count). The minimum atomic E-state index is -0.615. The molecule has 0 aromatic heterocycles.